The van der Waals surface area contributed by atoms with E-state index in [1.165, 1.54) is 5.56 Å². The second-order valence-corrected chi connectivity index (χ2v) is 7.53. The maximum Gasteiger partial charge on any atom is 0.221 e. The molecule has 5 nitrogen and oxygen atoms in total. The molecule has 1 N–H and O–H groups in total. The third-order valence-electron chi connectivity index (χ3n) is 5.90. The standard InChI is InChI=1S/C20H28N2O3/c23-19-14-18(17-4-2-1-3-5-17)22(11-10-21-19)15-16-6-8-20(9-7-16)24-12-13-25-20/h1-5,16,18H,6-15H2,(H,21,23). The van der Waals surface area contributed by atoms with Gasteiger partial charge in [0, 0.05) is 44.9 Å². The number of rotatable bonds is 3. The third-order valence-corrected chi connectivity index (χ3v) is 5.90. The van der Waals surface area contributed by atoms with Crippen LogP contribution in [0.2, 0.25) is 0 Å². The zero-order valence-corrected chi connectivity index (χ0v) is 14.8. The Labute approximate surface area is 149 Å². The minimum Gasteiger partial charge on any atom is -0.355 e. The monoisotopic (exact) mass is 344 g/mol. The van der Waals surface area contributed by atoms with E-state index in [-0.39, 0.29) is 17.7 Å². The van der Waals surface area contributed by atoms with Crippen molar-refractivity contribution in [1.29, 1.82) is 0 Å². The van der Waals surface area contributed by atoms with Crippen molar-refractivity contribution >= 4 is 5.91 Å². The molecule has 1 aliphatic carbocycles. The van der Waals surface area contributed by atoms with E-state index in [1.807, 2.05) is 6.07 Å². The van der Waals surface area contributed by atoms with Crippen LogP contribution in [0.15, 0.2) is 30.3 Å². The molecule has 0 bridgehead atoms. The minimum atomic E-state index is -0.286. The normalized spacial score (nSPS) is 28.0. The maximum absolute atomic E-state index is 12.1. The second kappa shape index (κ2) is 7.44. The van der Waals surface area contributed by atoms with E-state index in [0.29, 0.717) is 12.3 Å². The van der Waals surface area contributed by atoms with E-state index in [2.05, 4.69) is 34.5 Å². The van der Waals surface area contributed by atoms with Crippen molar-refractivity contribution in [3.05, 3.63) is 35.9 Å². The molecular formula is C20H28N2O3. The fourth-order valence-electron chi connectivity index (χ4n) is 4.51. The SMILES string of the molecule is O=C1CC(c2ccccc2)N(CC2CCC3(CC2)OCCO3)CCN1. The Bertz CT molecular complexity index is 576. The molecule has 2 aliphatic heterocycles. The maximum atomic E-state index is 12.1. The lowest BCUT2D eigenvalue weighted by Crippen LogP contribution is -2.40. The third kappa shape index (κ3) is 3.89. The molecule has 1 atom stereocenters. The van der Waals surface area contributed by atoms with Gasteiger partial charge in [0.05, 0.1) is 13.2 Å². The summed E-state index contributed by atoms with van der Waals surface area (Å²) in [6, 6.07) is 10.6. The van der Waals surface area contributed by atoms with E-state index in [9.17, 15) is 4.79 Å². The van der Waals surface area contributed by atoms with Gasteiger partial charge in [-0.1, -0.05) is 30.3 Å². The van der Waals surface area contributed by atoms with Crippen molar-refractivity contribution in [3.63, 3.8) is 0 Å². The summed E-state index contributed by atoms with van der Waals surface area (Å²) in [7, 11) is 0. The van der Waals surface area contributed by atoms with Crippen LogP contribution >= 0.6 is 0 Å². The van der Waals surface area contributed by atoms with E-state index < -0.39 is 0 Å². The van der Waals surface area contributed by atoms with Crippen molar-refractivity contribution in [2.24, 2.45) is 5.92 Å². The number of carbonyl (C=O) groups excluding carboxylic acids is 1. The number of hydrogen-bond acceptors (Lipinski definition) is 4. The molecule has 0 aromatic heterocycles. The molecule has 1 spiro atoms. The lowest BCUT2D eigenvalue weighted by atomic mass is 9.84. The number of nitrogens with zero attached hydrogens (tertiary/aromatic N) is 1. The first kappa shape index (κ1) is 17.0. The Balaban J connectivity index is 1.43. The molecule has 0 radical (unpaired) electrons. The zero-order valence-electron chi connectivity index (χ0n) is 14.8. The first-order valence-corrected chi connectivity index (χ1v) is 9.58. The molecule has 1 aromatic carbocycles. The predicted molar refractivity (Wildman–Crippen MR) is 95.0 cm³/mol. The summed E-state index contributed by atoms with van der Waals surface area (Å²) < 4.78 is 11.7. The predicted octanol–water partition coefficient (Wildman–Crippen LogP) is 2.48. The highest BCUT2D eigenvalue weighted by Crippen LogP contribution is 2.39. The van der Waals surface area contributed by atoms with Gasteiger partial charge in [-0.15, -0.1) is 0 Å². The molecule has 25 heavy (non-hydrogen) atoms. The molecule has 1 aromatic rings. The molecule has 4 rings (SSSR count). The Hall–Kier alpha value is -1.43. The van der Waals surface area contributed by atoms with Crippen LogP contribution in [0.4, 0.5) is 0 Å². The zero-order chi connectivity index (χ0) is 17.1. The molecular weight excluding hydrogens is 316 g/mol. The van der Waals surface area contributed by atoms with Crippen LogP contribution < -0.4 is 5.32 Å². The van der Waals surface area contributed by atoms with Gasteiger partial charge in [-0.05, 0) is 24.3 Å². The molecule has 3 fully saturated rings. The van der Waals surface area contributed by atoms with Crippen molar-refractivity contribution in [1.82, 2.24) is 10.2 Å². The Morgan fingerprint density at radius 1 is 1.12 bits per heavy atom. The topological polar surface area (TPSA) is 50.8 Å². The van der Waals surface area contributed by atoms with Crippen molar-refractivity contribution < 1.29 is 14.3 Å². The van der Waals surface area contributed by atoms with E-state index in [4.69, 9.17) is 9.47 Å². The van der Waals surface area contributed by atoms with Crippen molar-refractivity contribution in [2.45, 2.75) is 43.9 Å². The van der Waals surface area contributed by atoms with Gasteiger partial charge in [0.15, 0.2) is 5.79 Å². The van der Waals surface area contributed by atoms with E-state index in [0.717, 1.165) is 58.5 Å². The van der Waals surface area contributed by atoms with Gasteiger partial charge in [-0.3, -0.25) is 9.69 Å². The Morgan fingerprint density at radius 3 is 2.56 bits per heavy atom. The van der Waals surface area contributed by atoms with Crippen molar-refractivity contribution in [3.8, 4) is 0 Å². The smallest absolute Gasteiger partial charge is 0.221 e. The summed E-state index contributed by atoms with van der Waals surface area (Å²) in [6.45, 7) is 4.18. The molecule has 1 saturated carbocycles. The lowest BCUT2D eigenvalue weighted by molar-refractivity contribution is -0.183. The van der Waals surface area contributed by atoms with Crippen LogP contribution in [0.1, 0.15) is 43.7 Å². The van der Waals surface area contributed by atoms with Crippen molar-refractivity contribution in [2.75, 3.05) is 32.8 Å². The summed E-state index contributed by atoms with van der Waals surface area (Å²) in [6.07, 6.45) is 4.82. The second-order valence-electron chi connectivity index (χ2n) is 7.53. The molecule has 2 heterocycles. The average molecular weight is 344 g/mol. The van der Waals surface area contributed by atoms with Crippen LogP contribution in [0.25, 0.3) is 0 Å². The molecule has 3 aliphatic rings. The molecule has 1 unspecified atom stereocenters. The summed E-state index contributed by atoms with van der Waals surface area (Å²) in [5.41, 5.74) is 1.24. The van der Waals surface area contributed by atoms with Gasteiger partial charge < -0.3 is 14.8 Å². The number of benzene rings is 1. The number of hydrogen-bond donors (Lipinski definition) is 1. The van der Waals surface area contributed by atoms with Crippen LogP contribution in [-0.4, -0.2) is 49.4 Å². The highest BCUT2D eigenvalue weighted by Gasteiger charge is 2.41. The molecule has 2 saturated heterocycles. The first-order valence-electron chi connectivity index (χ1n) is 9.58. The number of nitrogens with one attached hydrogen (secondary N) is 1. The average Bonchev–Trinajstić information content (AvgIpc) is 3.01. The quantitative estimate of drug-likeness (QED) is 0.915. The van der Waals surface area contributed by atoms with Crippen LogP contribution in [0.5, 0.6) is 0 Å². The summed E-state index contributed by atoms with van der Waals surface area (Å²) in [5.74, 6) is 0.524. The van der Waals surface area contributed by atoms with Crippen LogP contribution in [0, 0.1) is 5.92 Å². The molecule has 1 amide bonds. The number of amides is 1. The van der Waals surface area contributed by atoms with E-state index >= 15 is 0 Å². The van der Waals surface area contributed by atoms with Gasteiger partial charge in [0.25, 0.3) is 0 Å². The number of carbonyl (C=O) groups is 1. The Kier molecular flexibility index (Phi) is 5.06. The Morgan fingerprint density at radius 2 is 1.84 bits per heavy atom. The molecule has 5 heteroatoms. The van der Waals surface area contributed by atoms with Gasteiger partial charge in [-0.25, -0.2) is 0 Å². The summed E-state index contributed by atoms with van der Waals surface area (Å²) in [5, 5.41) is 3.03. The first-order chi connectivity index (χ1) is 12.2. The van der Waals surface area contributed by atoms with Gasteiger partial charge in [-0.2, -0.15) is 0 Å². The van der Waals surface area contributed by atoms with Crippen LogP contribution in [0.3, 0.4) is 0 Å². The van der Waals surface area contributed by atoms with E-state index in [1.54, 1.807) is 0 Å². The lowest BCUT2D eigenvalue weighted by Gasteiger charge is -2.39. The fourth-order valence-corrected chi connectivity index (χ4v) is 4.51. The minimum absolute atomic E-state index is 0.159. The summed E-state index contributed by atoms with van der Waals surface area (Å²) in [4.78, 5) is 14.6. The summed E-state index contributed by atoms with van der Waals surface area (Å²) >= 11 is 0. The fraction of sp³-hybridized carbons (Fsp3) is 0.650. The largest absolute Gasteiger partial charge is 0.355 e. The highest BCUT2D eigenvalue weighted by molar-refractivity contribution is 5.77. The van der Waals surface area contributed by atoms with Gasteiger partial charge in [0.1, 0.15) is 0 Å². The molecule has 136 valence electrons. The van der Waals surface area contributed by atoms with Gasteiger partial charge >= 0.3 is 0 Å². The van der Waals surface area contributed by atoms with Crippen LogP contribution in [-0.2, 0) is 14.3 Å². The number of ether oxygens (including phenoxy) is 2. The highest BCUT2D eigenvalue weighted by atomic mass is 16.7. The van der Waals surface area contributed by atoms with Gasteiger partial charge in [0.2, 0.25) is 5.91 Å².